The Morgan fingerprint density at radius 3 is 2.55 bits per heavy atom. The highest BCUT2D eigenvalue weighted by Gasteiger charge is 2.25. The highest BCUT2D eigenvalue weighted by molar-refractivity contribution is 5.05. The molecule has 1 aliphatic carbocycles. The van der Waals surface area contributed by atoms with Gasteiger partial charge in [-0.15, -0.1) is 0 Å². The molecule has 1 radical (unpaired) electrons. The predicted molar refractivity (Wildman–Crippen MR) is 50.2 cm³/mol. The van der Waals surface area contributed by atoms with Gasteiger partial charge in [0.1, 0.15) is 0 Å². The molecule has 0 N–H and O–H groups in total. The van der Waals surface area contributed by atoms with E-state index in [0.717, 1.165) is 5.92 Å². The van der Waals surface area contributed by atoms with E-state index in [4.69, 9.17) is 0 Å². The lowest BCUT2D eigenvalue weighted by Gasteiger charge is -2.32. The van der Waals surface area contributed by atoms with E-state index in [1.807, 2.05) is 0 Å². The quantitative estimate of drug-likeness (QED) is 0.502. The second kappa shape index (κ2) is 3.00. The first-order chi connectivity index (χ1) is 5.00. The molecule has 1 aliphatic rings. The van der Waals surface area contributed by atoms with Gasteiger partial charge in [-0.2, -0.15) is 0 Å². The van der Waals surface area contributed by atoms with E-state index in [9.17, 15) is 0 Å². The van der Waals surface area contributed by atoms with Crippen molar-refractivity contribution in [3.63, 3.8) is 0 Å². The highest BCUT2D eigenvalue weighted by Crippen LogP contribution is 2.36. The molecule has 0 aromatic heterocycles. The molecule has 0 heterocycles. The zero-order valence-electron chi connectivity index (χ0n) is 7.98. The van der Waals surface area contributed by atoms with Crippen LogP contribution in [0.15, 0.2) is 11.6 Å². The van der Waals surface area contributed by atoms with Gasteiger partial charge >= 0.3 is 0 Å². The molecular weight excluding hydrogens is 132 g/mol. The van der Waals surface area contributed by atoms with Crippen molar-refractivity contribution in [1.29, 1.82) is 0 Å². The molecule has 11 heavy (non-hydrogen) atoms. The van der Waals surface area contributed by atoms with Crippen molar-refractivity contribution in [3.05, 3.63) is 18.6 Å². The molecule has 0 nitrogen and oxygen atoms in total. The normalized spacial score (nSPS) is 26.5. The van der Waals surface area contributed by atoms with Gasteiger partial charge in [-0.05, 0) is 44.4 Å². The van der Waals surface area contributed by atoms with Crippen molar-refractivity contribution >= 4 is 0 Å². The summed E-state index contributed by atoms with van der Waals surface area (Å²) in [4.78, 5) is 0. The second-order valence-electron chi connectivity index (χ2n) is 4.51. The number of hydrogen-bond acceptors (Lipinski definition) is 0. The van der Waals surface area contributed by atoms with Gasteiger partial charge in [-0.3, -0.25) is 0 Å². The zero-order valence-corrected chi connectivity index (χ0v) is 7.98. The van der Waals surface area contributed by atoms with Crippen LogP contribution in [-0.4, -0.2) is 0 Å². The number of rotatable bonds is 1. The Bertz CT molecular complexity index is 157. The van der Waals surface area contributed by atoms with Crippen LogP contribution in [0.1, 0.15) is 40.0 Å². The zero-order chi connectivity index (χ0) is 8.48. The fourth-order valence-corrected chi connectivity index (χ4v) is 1.68. The largest absolute Gasteiger partial charge is 0.0853 e. The van der Waals surface area contributed by atoms with Crippen molar-refractivity contribution in [2.75, 3.05) is 0 Å². The van der Waals surface area contributed by atoms with Gasteiger partial charge < -0.3 is 0 Å². The molecule has 0 fully saturated rings. The van der Waals surface area contributed by atoms with Crippen LogP contribution in [0.3, 0.4) is 0 Å². The second-order valence-corrected chi connectivity index (χ2v) is 4.51. The summed E-state index contributed by atoms with van der Waals surface area (Å²) in [5.74, 6) is 0.797. The van der Waals surface area contributed by atoms with Crippen molar-refractivity contribution in [1.82, 2.24) is 0 Å². The van der Waals surface area contributed by atoms with Crippen LogP contribution in [0.25, 0.3) is 0 Å². The molecule has 0 saturated heterocycles. The van der Waals surface area contributed by atoms with Crippen molar-refractivity contribution in [2.24, 2.45) is 11.3 Å². The summed E-state index contributed by atoms with van der Waals surface area (Å²) < 4.78 is 0. The van der Waals surface area contributed by atoms with Gasteiger partial charge in [-0.25, -0.2) is 0 Å². The van der Waals surface area contributed by atoms with Crippen LogP contribution in [0, 0.1) is 18.3 Å². The lowest BCUT2D eigenvalue weighted by Crippen LogP contribution is -2.22. The Morgan fingerprint density at radius 2 is 2.18 bits per heavy atom. The minimum atomic E-state index is 0.261. The topological polar surface area (TPSA) is 0 Å². The molecule has 0 aromatic carbocycles. The molecule has 0 amide bonds. The molecular formula is C11H19. The molecule has 63 valence electrons. The molecule has 0 aliphatic heterocycles. The minimum Gasteiger partial charge on any atom is -0.0853 e. The summed E-state index contributed by atoms with van der Waals surface area (Å²) in [5, 5.41) is 0. The first kappa shape index (κ1) is 8.83. The van der Waals surface area contributed by atoms with Crippen molar-refractivity contribution in [3.8, 4) is 0 Å². The maximum absolute atomic E-state index is 4.19. The van der Waals surface area contributed by atoms with Crippen LogP contribution >= 0.6 is 0 Å². The minimum absolute atomic E-state index is 0.261. The number of hydrogen-bond donors (Lipinski definition) is 0. The first-order valence-corrected chi connectivity index (χ1v) is 4.51. The smallest absolute Gasteiger partial charge is 0.0314 e. The highest BCUT2D eigenvalue weighted by atomic mass is 14.3. The Morgan fingerprint density at radius 1 is 1.55 bits per heavy atom. The maximum Gasteiger partial charge on any atom is -0.0314 e. The van der Waals surface area contributed by atoms with Crippen molar-refractivity contribution in [2.45, 2.75) is 40.0 Å². The third-order valence-corrected chi connectivity index (χ3v) is 2.74. The van der Waals surface area contributed by atoms with E-state index in [0.29, 0.717) is 0 Å². The Balaban J connectivity index is 2.54. The molecule has 1 atom stereocenters. The molecule has 1 rings (SSSR count). The monoisotopic (exact) mass is 151 g/mol. The summed E-state index contributed by atoms with van der Waals surface area (Å²) in [7, 11) is 0. The summed E-state index contributed by atoms with van der Waals surface area (Å²) >= 11 is 0. The number of allylic oxidation sites excluding steroid dienone is 2. The SMILES string of the molecule is [CH2]C(C)(C)C1CC=C(C)CC1. The van der Waals surface area contributed by atoms with Gasteiger partial charge in [-0.1, -0.05) is 25.5 Å². The van der Waals surface area contributed by atoms with E-state index in [-0.39, 0.29) is 5.41 Å². The standard InChI is InChI=1S/C11H19/c1-9-5-7-10(8-6-9)11(2,3)4/h5,10H,2,6-8H2,1,3-4H3. The maximum atomic E-state index is 4.19. The third-order valence-electron chi connectivity index (χ3n) is 2.74. The van der Waals surface area contributed by atoms with E-state index in [1.165, 1.54) is 19.3 Å². The van der Waals surface area contributed by atoms with E-state index in [2.05, 4.69) is 33.8 Å². The predicted octanol–water partition coefficient (Wildman–Crippen LogP) is 3.59. The molecule has 1 unspecified atom stereocenters. The average Bonchev–Trinajstić information content (AvgIpc) is 1.86. The Kier molecular flexibility index (Phi) is 2.41. The Labute approximate surface area is 70.7 Å². The van der Waals surface area contributed by atoms with Gasteiger partial charge in [0.05, 0.1) is 0 Å². The fraction of sp³-hybridized carbons (Fsp3) is 0.727. The molecule has 0 spiro atoms. The third kappa shape index (κ3) is 2.36. The molecule has 0 aromatic rings. The molecule has 0 saturated carbocycles. The molecule has 0 bridgehead atoms. The lowest BCUT2D eigenvalue weighted by atomic mass is 9.73. The summed E-state index contributed by atoms with van der Waals surface area (Å²) in [6, 6.07) is 0. The van der Waals surface area contributed by atoms with Crippen LogP contribution in [-0.2, 0) is 0 Å². The van der Waals surface area contributed by atoms with E-state index < -0.39 is 0 Å². The Hall–Kier alpha value is -0.260. The van der Waals surface area contributed by atoms with Gasteiger partial charge in [0, 0.05) is 0 Å². The van der Waals surface area contributed by atoms with Crippen molar-refractivity contribution < 1.29 is 0 Å². The van der Waals surface area contributed by atoms with E-state index >= 15 is 0 Å². The van der Waals surface area contributed by atoms with Gasteiger partial charge in [0.15, 0.2) is 0 Å². The molecule has 0 heteroatoms. The lowest BCUT2D eigenvalue weighted by molar-refractivity contribution is 0.256. The first-order valence-electron chi connectivity index (χ1n) is 4.51. The average molecular weight is 151 g/mol. The fourth-order valence-electron chi connectivity index (χ4n) is 1.68. The summed E-state index contributed by atoms with van der Waals surface area (Å²) in [6.07, 6.45) is 6.23. The van der Waals surface area contributed by atoms with E-state index in [1.54, 1.807) is 5.57 Å². The summed E-state index contributed by atoms with van der Waals surface area (Å²) in [6.45, 7) is 10.9. The van der Waals surface area contributed by atoms with Crippen LogP contribution in [0.4, 0.5) is 0 Å². The van der Waals surface area contributed by atoms with Crippen LogP contribution in [0.5, 0.6) is 0 Å². The van der Waals surface area contributed by atoms with Crippen LogP contribution < -0.4 is 0 Å². The van der Waals surface area contributed by atoms with Gasteiger partial charge in [0.25, 0.3) is 0 Å². The summed E-state index contributed by atoms with van der Waals surface area (Å²) in [5.41, 5.74) is 1.82. The van der Waals surface area contributed by atoms with Gasteiger partial charge in [0.2, 0.25) is 0 Å². The van der Waals surface area contributed by atoms with Crippen LogP contribution in [0.2, 0.25) is 0 Å².